The minimum Gasteiger partial charge on any atom is -0.308 e. The Labute approximate surface area is 378 Å². The third-order valence-electron chi connectivity index (χ3n) is 11.4. The smallest absolute Gasteiger partial charge is 0.0966 e. The Morgan fingerprint density at radius 1 is 0.508 bits per heavy atom. The van der Waals surface area contributed by atoms with E-state index < -0.39 is 0 Å². The molecule has 1 radical (unpaired) electrons. The van der Waals surface area contributed by atoms with Gasteiger partial charge in [0.2, 0.25) is 0 Å². The monoisotopic (exact) mass is 842 g/mol. The predicted octanol–water partition coefficient (Wildman–Crippen LogP) is 15.4. The van der Waals surface area contributed by atoms with E-state index in [9.17, 15) is 0 Å². The van der Waals surface area contributed by atoms with Crippen LogP contribution in [0, 0.1) is 21.7 Å². The van der Waals surface area contributed by atoms with Crippen LogP contribution in [0.25, 0.3) is 61.7 Å². The quantitative estimate of drug-likeness (QED) is 0.160. The summed E-state index contributed by atoms with van der Waals surface area (Å²) >= 11 is 0. The number of rotatable bonds is 7. The Morgan fingerprint density at radius 2 is 1.07 bits per heavy atom. The molecule has 3 nitrogen and oxygen atoms in total. The molecule has 1 aliphatic carbocycles. The van der Waals surface area contributed by atoms with Gasteiger partial charge in [-0.1, -0.05) is 144 Å². The van der Waals surface area contributed by atoms with Gasteiger partial charge in [0.05, 0.1) is 22.2 Å². The van der Waals surface area contributed by atoms with Gasteiger partial charge in [0.1, 0.15) is 0 Å². The molecule has 0 fully saturated rings. The molecule has 0 saturated carbocycles. The van der Waals surface area contributed by atoms with Crippen molar-refractivity contribution in [1.82, 2.24) is 14.5 Å². The molecule has 0 amide bonds. The number of hydrogen-bond acceptors (Lipinski definition) is 2. The second-order valence-corrected chi connectivity index (χ2v) is 22.5. The van der Waals surface area contributed by atoms with E-state index in [1.807, 2.05) is 0 Å². The number of aromatic nitrogens is 3. The van der Waals surface area contributed by atoms with Gasteiger partial charge < -0.3 is 4.57 Å². The van der Waals surface area contributed by atoms with E-state index in [1.165, 1.54) is 61.0 Å². The molecule has 8 rings (SSSR count). The zero-order chi connectivity index (χ0) is 42.8. The van der Waals surface area contributed by atoms with E-state index in [2.05, 4.69) is 203 Å². The summed E-state index contributed by atoms with van der Waals surface area (Å²) in [6.07, 6.45) is 7.17. The number of benzene rings is 4. The Morgan fingerprint density at radius 3 is 1.74 bits per heavy atom. The Kier molecular flexibility index (Phi) is 12.0. The molecule has 3 heterocycles. The van der Waals surface area contributed by atoms with E-state index >= 15 is 0 Å². The molecule has 4 aromatic carbocycles. The van der Waals surface area contributed by atoms with Gasteiger partial charge >= 0.3 is 0 Å². The first-order valence-corrected chi connectivity index (χ1v) is 22.1. The maximum Gasteiger partial charge on any atom is 0.0966 e. The van der Waals surface area contributed by atoms with Crippen molar-refractivity contribution < 1.29 is 18.6 Å². The maximum atomic E-state index is 5.41. The van der Waals surface area contributed by atoms with Crippen molar-refractivity contribution in [1.29, 1.82) is 0 Å². The standard InChI is InChI=1S/C57H65N3.V/c1-54(2,3)33-37-19-21-42-30-44(31-43-22-23-45(35-56(7,8)9)58-52(43)48(42)27-37)40-16-13-15-39(29-40)41-17-14-18-47(32-41)60-50-25-20-38(34-55(4,5)6)28-49(50)53-51(60)26-24-46(59-53)36-57(10,11)12;/h13-30,32H,31,33-36H2,1-12H3;. The first-order valence-electron chi connectivity index (χ1n) is 22.1. The predicted molar refractivity (Wildman–Crippen MR) is 258 cm³/mol. The number of fused-ring (bicyclic) bond motifs is 6. The molecule has 0 aliphatic heterocycles. The van der Waals surface area contributed by atoms with Crippen molar-refractivity contribution in [2.24, 2.45) is 21.7 Å². The number of allylic oxidation sites excluding steroid dienone is 1. The first kappa shape index (κ1) is 44.4. The summed E-state index contributed by atoms with van der Waals surface area (Å²) in [5, 5.41) is 1.22. The molecular formula is C57H65N3V. The SMILES string of the molecule is CC(C)(C)Cc1ccc2c(c1)-c1nc(CC(C)(C)C)ccc1CC(c1cccc(-c3cccc(-n4c5ccc(CC(C)(C)C)cc5c5nc(CC(C)(C)C)ccc54)c3)c1)=C2.[V]. The second-order valence-electron chi connectivity index (χ2n) is 22.5. The van der Waals surface area contributed by atoms with E-state index in [4.69, 9.17) is 9.97 Å². The van der Waals surface area contributed by atoms with E-state index in [0.717, 1.165) is 65.9 Å². The Bertz CT molecular complexity index is 2700. The molecule has 4 heteroatoms. The van der Waals surface area contributed by atoms with Crippen LogP contribution in [0.5, 0.6) is 0 Å². The average Bonchev–Trinajstić information content (AvgIpc) is 3.36. The van der Waals surface area contributed by atoms with Crippen LogP contribution in [0.2, 0.25) is 0 Å². The summed E-state index contributed by atoms with van der Waals surface area (Å²) in [5.41, 5.74) is 20.2. The van der Waals surface area contributed by atoms with Crippen LogP contribution < -0.4 is 0 Å². The van der Waals surface area contributed by atoms with Gasteiger partial charge in [-0.15, -0.1) is 0 Å². The van der Waals surface area contributed by atoms with Crippen LogP contribution in [0.1, 0.15) is 122 Å². The summed E-state index contributed by atoms with van der Waals surface area (Å²) in [5.74, 6) is 0. The molecule has 61 heavy (non-hydrogen) atoms. The summed E-state index contributed by atoms with van der Waals surface area (Å²) < 4.78 is 2.42. The van der Waals surface area contributed by atoms with E-state index in [0.29, 0.717) is 0 Å². The molecule has 0 bridgehead atoms. The number of pyridine rings is 2. The van der Waals surface area contributed by atoms with Crippen LogP contribution in [0.15, 0.2) is 109 Å². The number of hydrogen-bond donors (Lipinski definition) is 0. The van der Waals surface area contributed by atoms with Gasteiger partial charge in [0.15, 0.2) is 0 Å². The fraction of sp³-hybridized carbons (Fsp3) is 0.368. The van der Waals surface area contributed by atoms with Gasteiger partial charge in [0, 0.05) is 53.0 Å². The Hall–Kier alpha value is -4.70. The minimum atomic E-state index is 0. The summed E-state index contributed by atoms with van der Waals surface area (Å²) in [4.78, 5) is 10.8. The van der Waals surface area contributed by atoms with Gasteiger partial charge in [-0.25, -0.2) is 0 Å². The fourth-order valence-electron chi connectivity index (χ4n) is 9.17. The molecule has 1 aliphatic rings. The third kappa shape index (κ3) is 10.3. The van der Waals surface area contributed by atoms with Crippen molar-refractivity contribution in [3.8, 4) is 28.1 Å². The zero-order valence-corrected chi connectivity index (χ0v) is 40.2. The minimum absolute atomic E-state index is 0. The second kappa shape index (κ2) is 16.5. The molecular weight excluding hydrogens is 778 g/mol. The van der Waals surface area contributed by atoms with Crippen molar-refractivity contribution in [3.05, 3.63) is 148 Å². The average molecular weight is 843 g/mol. The van der Waals surface area contributed by atoms with E-state index in [-0.39, 0.29) is 40.2 Å². The van der Waals surface area contributed by atoms with Crippen molar-refractivity contribution in [3.63, 3.8) is 0 Å². The van der Waals surface area contributed by atoms with Crippen LogP contribution in [-0.4, -0.2) is 14.5 Å². The zero-order valence-electron chi connectivity index (χ0n) is 38.8. The van der Waals surface area contributed by atoms with Gasteiger partial charge in [-0.2, -0.15) is 0 Å². The maximum absolute atomic E-state index is 5.41. The first-order chi connectivity index (χ1) is 28.1. The molecule has 3 aromatic heterocycles. The van der Waals surface area contributed by atoms with Crippen LogP contribution >= 0.6 is 0 Å². The van der Waals surface area contributed by atoms with Crippen molar-refractivity contribution in [2.45, 2.75) is 115 Å². The molecule has 0 unspecified atom stereocenters. The van der Waals surface area contributed by atoms with Gasteiger partial charge in [-0.05, 0) is 146 Å². The third-order valence-corrected chi connectivity index (χ3v) is 11.4. The summed E-state index contributed by atoms with van der Waals surface area (Å²) in [7, 11) is 0. The van der Waals surface area contributed by atoms with Crippen LogP contribution in [-0.2, 0) is 50.7 Å². The molecule has 7 aromatic rings. The van der Waals surface area contributed by atoms with Crippen LogP contribution in [0.3, 0.4) is 0 Å². The molecule has 313 valence electrons. The number of nitrogens with zero attached hydrogens (tertiary/aromatic N) is 3. The summed E-state index contributed by atoms with van der Waals surface area (Å²) in [6.45, 7) is 27.7. The molecule has 0 saturated heterocycles. The largest absolute Gasteiger partial charge is 0.308 e. The molecule has 0 N–H and O–H groups in total. The Balaban J connectivity index is 0.00000561. The van der Waals surface area contributed by atoms with E-state index in [1.54, 1.807) is 0 Å². The van der Waals surface area contributed by atoms with Crippen molar-refractivity contribution in [2.75, 3.05) is 0 Å². The molecule has 0 spiro atoms. The van der Waals surface area contributed by atoms with Crippen LogP contribution in [0.4, 0.5) is 0 Å². The van der Waals surface area contributed by atoms with Gasteiger partial charge in [0.25, 0.3) is 0 Å². The topological polar surface area (TPSA) is 30.7 Å². The summed E-state index contributed by atoms with van der Waals surface area (Å²) in [6, 6.07) is 41.4. The van der Waals surface area contributed by atoms with Gasteiger partial charge in [-0.3, -0.25) is 9.97 Å². The fourth-order valence-corrected chi connectivity index (χ4v) is 9.17. The molecule has 0 atom stereocenters. The van der Waals surface area contributed by atoms with Crippen molar-refractivity contribution >= 4 is 33.6 Å². The normalized spacial score (nSPS) is 13.4.